The molecule has 3 N–H and O–H groups in total. The van der Waals surface area contributed by atoms with Gasteiger partial charge in [-0.1, -0.05) is 12.8 Å². The van der Waals surface area contributed by atoms with E-state index in [9.17, 15) is 22.9 Å². The van der Waals surface area contributed by atoms with Crippen LogP contribution in [0.1, 0.15) is 31.2 Å². The monoisotopic (exact) mass is 381 g/mol. The summed E-state index contributed by atoms with van der Waals surface area (Å²) >= 11 is 0. The summed E-state index contributed by atoms with van der Waals surface area (Å²) in [7, 11) is -4.08. The number of sulfonamides is 1. The SMILES string of the molecule is Cc1c(F)cc(S(=O)(=O)NC(CN)C2CCCC2)cc1[N+](=O)[O-].Cl. The third kappa shape index (κ3) is 4.41. The van der Waals surface area contributed by atoms with Gasteiger partial charge >= 0.3 is 0 Å². The molecule has 1 saturated carbocycles. The van der Waals surface area contributed by atoms with Gasteiger partial charge in [-0.2, -0.15) is 0 Å². The first kappa shape index (κ1) is 20.8. The van der Waals surface area contributed by atoms with Crippen LogP contribution in [0.25, 0.3) is 0 Å². The summed E-state index contributed by atoms with van der Waals surface area (Å²) in [6.07, 6.45) is 3.81. The lowest BCUT2D eigenvalue weighted by Crippen LogP contribution is -2.44. The van der Waals surface area contributed by atoms with Crippen molar-refractivity contribution in [1.29, 1.82) is 0 Å². The smallest absolute Gasteiger partial charge is 0.276 e. The fraction of sp³-hybridized carbons (Fsp3) is 0.571. The lowest BCUT2D eigenvalue weighted by Gasteiger charge is -2.23. The van der Waals surface area contributed by atoms with E-state index in [1.54, 1.807) is 0 Å². The molecule has 0 aromatic heterocycles. The minimum atomic E-state index is -4.08. The van der Waals surface area contributed by atoms with E-state index in [2.05, 4.69) is 4.72 Å². The van der Waals surface area contributed by atoms with Crippen LogP contribution in [0.3, 0.4) is 0 Å². The Hall–Kier alpha value is -1.29. The van der Waals surface area contributed by atoms with Crippen LogP contribution in [0.4, 0.5) is 10.1 Å². The predicted molar refractivity (Wildman–Crippen MR) is 90.2 cm³/mol. The van der Waals surface area contributed by atoms with Crippen molar-refractivity contribution in [3.63, 3.8) is 0 Å². The number of hydrogen-bond donors (Lipinski definition) is 2. The second kappa shape index (κ2) is 8.19. The van der Waals surface area contributed by atoms with Crippen molar-refractivity contribution < 1.29 is 17.7 Å². The Balaban J connectivity index is 0.00000288. The number of nitro benzene ring substituents is 1. The Bertz CT molecular complexity index is 708. The third-order valence-electron chi connectivity index (χ3n) is 4.33. The Labute approximate surface area is 146 Å². The molecule has 1 atom stereocenters. The quantitative estimate of drug-likeness (QED) is 0.579. The molecule has 1 aromatic carbocycles. The first-order valence-corrected chi connectivity index (χ1v) is 8.91. The van der Waals surface area contributed by atoms with Gasteiger partial charge in [0.05, 0.1) is 15.4 Å². The second-order valence-electron chi connectivity index (χ2n) is 5.81. The van der Waals surface area contributed by atoms with Gasteiger partial charge in [-0.25, -0.2) is 17.5 Å². The topological polar surface area (TPSA) is 115 Å². The molecule has 10 heteroatoms. The van der Waals surface area contributed by atoms with Crippen molar-refractivity contribution >= 4 is 28.1 Å². The summed E-state index contributed by atoms with van der Waals surface area (Å²) in [4.78, 5) is 9.69. The summed E-state index contributed by atoms with van der Waals surface area (Å²) in [5.41, 5.74) is 4.91. The fourth-order valence-corrected chi connectivity index (χ4v) is 4.30. The molecule has 0 radical (unpaired) electrons. The first-order chi connectivity index (χ1) is 10.8. The normalized spacial score (nSPS) is 16.6. The van der Waals surface area contributed by atoms with Gasteiger partial charge in [0.15, 0.2) is 0 Å². The highest BCUT2D eigenvalue weighted by atomic mass is 35.5. The zero-order valence-corrected chi connectivity index (χ0v) is 14.8. The van der Waals surface area contributed by atoms with Crippen LogP contribution in [0.2, 0.25) is 0 Å². The van der Waals surface area contributed by atoms with Gasteiger partial charge in [-0.15, -0.1) is 12.4 Å². The van der Waals surface area contributed by atoms with Crippen LogP contribution in [-0.4, -0.2) is 25.9 Å². The van der Waals surface area contributed by atoms with E-state index in [1.807, 2.05) is 0 Å². The molecule has 1 unspecified atom stereocenters. The summed E-state index contributed by atoms with van der Waals surface area (Å²) in [5, 5.41) is 10.9. The van der Waals surface area contributed by atoms with Gasteiger partial charge in [-0.3, -0.25) is 10.1 Å². The second-order valence-corrected chi connectivity index (χ2v) is 7.53. The number of nitrogens with zero attached hydrogens (tertiary/aromatic N) is 1. The van der Waals surface area contributed by atoms with Crippen LogP contribution < -0.4 is 10.5 Å². The highest BCUT2D eigenvalue weighted by Crippen LogP contribution is 2.29. The van der Waals surface area contributed by atoms with Gasteiger partial charge in [0.25, 0.3) is 5.69 Å². The number of nitrogens with one attached hydrogen (secondary N) is 1. The molecule has 0 amide bonds. The Kier molecular flexibility index (Phi) is 7.09. The van der Waals surface area contributed by atoms with Crippen LogP contribution in [0.5, 0.6) is 0 Å². The average molecular weight is 382 g/mol. The standard InChI is InChI=1S/C14H20FN3O4S.ClH/c1-9-12(15)6-11(7-14(9)18(19)20)23(21,22)17-13(8-16)10-4-2-3-5-10;/h6-7,10,13,17H,2-5,8,16H2,1H3;1H. The molecule has 0 spiro atoms. The van der Waals surface area contributed by atoms with E-state index in [0.29, 0.717) is 0 Å². The van der Waals surface area contributed by atoms with E-state index in [-0.39, 0.29) is 30.4 Å². The third-order valence-corrected chi connectivity index (χ3v) is 5.80. The van der Waals surface area contributed by atoms with Crippen molar-refractivity contribution in [3.8, 4) is 0 Å². The van der Waals surface area contributed by atoms with Crippen LogP contribution >= 0.6 is 12.4 Å². The van der Waals surface area contributed by atoms with E-state index < -0.39 is 37.4 Å². The first-order valence-electron chi connectivity index (χ1n) is 7.43. The van der Waals surface area contributed by atoms with E-state index in [1.165, 1.54) is 6.92 Å². The zero-order chi connectivity index (χ0) is 17.2. The van der Waals surface area contributed by atoms with Crippen molar-refractivity contribution in [2.75, 3.05) is 6.54 Å². The molecule has 7 nitrogen and oxygen atoms in total. The van der Waals surface area contributed by atoms with Gasteiger partial charge in [-0.05, 0) is 31.7 Å². The average Bonchev–Trinajstić information content (AvgIpc) is 3.01. The number of rotatable bonds is 6. The van der Waals surface area contributed by atoms with E-state index >= 15 is 0 Å². The van der Waals surface area contributed by atoms with E-state index in [0.717, 1.165) is 37.8 Å². The molecule has 136 valence electrons. The molecule has 1 aliphatic carbocycles. The minimum Gasteiger partial charge on any atom is -0.329 e. The highest BCUT2D eigenvalue weighted by Gasteiger charge is 2.30. The Morgan fingerprint density at radius 3 is 2.50 bits per heavy atom. The maximum absolute atomic E-state index is 13.8. The van der Waals surface area contributed by atoms with Gasteiger partial charge < -0.3 is 5.73 Å². The van der Waals surface area contributed by atoms with Crippen molar-refractivity contribution in [3.05, 3.63) is 33.6 Å². The lowest BCUT2D eigenvalue weighted by molar-refractivity contribution is -0.385. The molecule has 1 fully saturated rings. The van der Waals surface area contributed by atoms with Crippen LogP contribution in [0, 0.1) is 28.8 Å². The van der Waals surface area contributed by atoms with Gasteiger partial charge in [0.2, 0.25) is 10.0 Å². The van der Waals surface area contributed by atoms with E-state index in [4.69, 9.17) is 5.73 Å². The summed E-state index contributed by atoms with van der Waals surface area (Å²) in [6, 6.07) is 1.22. The largest absolute Gasteiger partial charge is 0.329 e. The number of hydrogen-bond acceptors (Lipinski definition) is 5. The van der Waals surface area contributed by atoms with Crippen molar-refractivity contribution in [1.82, 2.24) is 4.72 Å². The molecule has 2 rings (SSSR count). The molecule has 0 saturated heterocycles. The maximum atomic E-state index is 13.8. The fourth-order valence-electron chi connectivity index (χ4n) is 2.95. The van der Waals surface area contributed by atoms with Crippen LogP contribution in [-0.2, 0) is 10.0 Å². The summed E-state index contributed by atoms with van der Waals surface area (Å²) in [5.74, 6) is -0.787. The molecule has 0 bridgehead atoms. The number of nitro groups is 1. The Morgan fingerprint density at radius 2 is 2.00 bits per heavy atom. The molecule has 0 aliphatic heterocycles. The maximum Gasteiger partial charge on any atom is 0.276 e. The lowest BCUT2D eigenvalue weighted by atomic mass is 9.99. The summed E-state index contributed by atoms with van der Waals surface area (Å²) in [6.45, 7) is 1.36. The number of halogens is 2. The Morgan fingerprint density at radius 1 is 1.42 bits per heavy atom. The summed E-state index contributed by atoms with van der Waals surface area (Å²) < 4.78 is 41.2. The van der Waals surface area contributed by atoms with Crippen molar-refractivity contribution in [2.45, 2.75) is 43.5 Å². The van der Waals surface area contributed by atoms with Crippen LogP contribution in [0.15, 0.2) is 17.0 Å². The molecule has 1 aliphatic rings. The minimum absolute atomic E-state index is 0. The molecule has 0 heterocycles. The molecular weight excluding hydrogens is 361 g/mol. The van der Waals surface area contributed by atoms with Gasteiger partial charge in [0, 0.05) is 18.7 Å². The molecule has 1 aromatic rings. The number of nitrogens with two attached hydrogens (primary N) is 1. The van der Waals surface area contributed by atoms with Crippen molar-refractivity contribution in [2.24, 2.45) is 11.7 Å². The highest BCUT2D eigenvalue weighted by molar-refractivity contribution is 7.89. The van der Waals surface area contributed by atoms with Gasteiger partial charge in [0.1, 0.15) is 5.82 Å². The predicted octanol–water partition coefficient (Wildman–Crippen LogP) is 2.26. The molecular formula is C14H21ClFN3O4S. The zero-order valence-electron chi connectivity index (χ0n) is 13.2. The number of benzene rings is 1. The molecule has 24 heavy (non-hydrogen) atoms.